The molecule has 0 unspecified atom stereocenters. The summed E-state index contributed by atoms with van der Waals surface area (Å²) in [4.78, 5) is 8.79. The molecule has 0 bridgehead atoms. The highest BCUT2D eigenvalue weighted by Crippen LogP contribution is 2.21. The summed E-state index contributed by atoms with van der Waals surface area (Å²) in [6.45, 7) is 8.84. The van der Waals surface area contributed by atoms with Crippen LogP contribution in [0.3, 0.4) is 0 Å². The molecule has 0 saturated heterocycles. The minimum atomic E-state index is -0.330. The summed E-state index contributed by atoms with van der Waals surface area (Å²) in [5, 5.41) is 7.29. The molecule has 18 heavy (non-hydrogen) atoms. The first-order valence-corrected chi connectivity index (χ1v) is 6.06. The van der Waals surface area contributed by atoms with Gasteiger partial charge in [-0.3, -0.25) is 0 Å². The van der Waals surface area contributed by atoms with E-state index in [0.29, 0.717) is 11.7 Å². The van der Waals surface area contributed by atoms with Gasteiger partial charge in [-0.05, 0) is 39.4 Å². The molecule has 0 aromatic carbocycles. The Hall–Kier alpha value is -1.75. The normalized spacial score (nSPS) is 11.8. The van der Waals surface area contributed by atoms with Crippen molar-refractivity contribution in [3.05, 3.63) is 29.8 Å². The van der Waals surface area contributed by atoms with Crippen molar-refractivity contribution in [1.82, 2.24) is 20.4 Å². The Morgan fingerprint density at radius 1 is 1.28 bits per heavy atom. The first-order valence-electron chi connectivity index (χ1n) is 6.06. The summed E-state index contributed by atoms with van der Waals surface area (Å²) in [6.07, 6.45) is 0. The largest absolute Gasteiger partial charge is 0.337 e. The molecule has 2 rings (SSSR count). The number of nitrogens with one attached hydrogen (secondary N) is 1. The number of hydrogen-bond acceptors (Lipinski definition) is 5. The highest BCUT2D eigenvalue weighted by molar-refractivity contribution is 5.48. The highest BCUT2D eigenvalue weighted by atomic mass is 16.5. The third-order valence-corrected chi connectivity index (χ3v) is 2.70. The van der Waals surface area contributed by atoms with Crippen molar-refractivity contribution in [2.45, 2.75) is 33.2 Å². The van der Waals surface area contributed by atoms with Gasteiger partial charge in [0.1, 0.15) is 5.69 Å². The van der Waals surface area contributed by atoms with E-state index < -0.39 is 0 Å². The molecule has 2 heterocycles. The maximum atomic E-state index is 5.31. The van der Waals surface area contributed by atoms with E-state index >= 15 is 0 Å². The second kappa shape index (κ2) is 4.86. The van der Waals surface area contributed by atoms with Crippen LogP contribution in [-0.2, 0) is 5.54 Å². The molecular weight excluding hydrogens is 228 g/mol. The SMILES string of the molecule is CCNC(C)(C)c1nc(-c2cccc(C)n2)no1. The van der Waals surface area contributed by atoms with Gasteiger partial charge in [0.25, 0.3) is 0 Å². The average Bonchev–Trinajstić information content (AvgIpc) is 2.78. The van der Waals surface area contributed by atoms with Crippen molar-refractivity contribution in [2.75, 3.05) is 6.54 Å². The molecule has 0 aliphatic rings. The van der Waals surface area contributed by atoms with Gasteiger partial charge in [-0.1, -0.05) is 18.1 Å². The number of hydrogen-bond donors (Lipinski definition) is 1. The zero-order chi connectivity index (χ0) is 13.2. The van der Waals surface area contributed by atoms with Crippen molar-refractivity contribution in [2.24, 2.45) is 0 Å². The maximum absolute atomic E-state index is 5.31. The third-order valence-electron chi connectivity index (χ3n) is 2.70. The van der Waals surface area contributed by atoms with E-state index in [0.717, 1.165) is 17.9 Å². The standard InChI is InChI=1S/C13H18N4O/c1-5-14-13(3,4)12-16-11(17-18-12)10-8-6-7-9(2)15-10/h6-8,14H,5H2,1-4H3. The van der Waals surface area contributed by atoms with Gasteiger partial charge >= 0.3 is 0 Å². The zero-order valence-electron chi connectivity index (χ0n) is 11.2. The van der Waals surface area contributed by atoms with E-state index in [2.05, 4.69) is 20.4 Å². The molecule has 96 valence electrons. The molecule has 2 aromatic rings. The van der Waals surface area contributed by atoms with Crippen molar-refractivity contribution in [3.8, 4) is 11.5 Å². The lowest BCUT2D eigenvalue weighted by Gasteiger charge is -2.20. The maximum Gasteiger partial charge on any atom is 0.246 e. The summed E-state index contributed by atoms with van der Waals surface area (Å²) < 4.78 is 5.31. The molecule has 1 N–H and O–H groups in total. The van der Waals surface area contributed by atoms with E-state index in [9.17, 15) is 0 Å². The Balaban J connectivity index is 2.31. The van der Waals surface area contributed by atoms with Crippen molar-refractivity contribution in [1.29, 1.82) is 0 Å². The summed E-state index contributed by atoms with van der Waals surface area (Å²) in [6, 6.07) is 5.75. The molecule has 0 radical (unpaired) electrons. The highest BCUT2D eigenvalue weighted by Gasteiger charge is 2.26. The van der Waals surface area contributed by atoms with E-state index in [1.807, 2.05) is 45.9 Å². The Labute approximate surface area is 107 Å². The van der Waals surface area contributed by atoms with Gasteiger partial charge in [-0.25, -0.2) is 4.98 Å². The minimum absolute atomic E-state index is 0.330. The molecule has 0 spiro atoms. The zero-order valence-corrected chi connectivity index (χ0v) is 11.2. The molecular formula is C13H18N4O. The van der Waals surface area contributed by atoms with Gasteiger partial charge in [-0.2, -0.15) is 4.98 Å². The van der Waals surface area contributed by atoms with Gasteiger partial charge < -0.3 is 9.84 Å². The Kier molecular flexibility index (Phi) is 3.43. The van der Waals surface area contributed by atoms with E-state index in [1.165, 1.54) is 0 Å². The number of rotatable bonds is 4. The van der Waals surface area contributed by atoms with E-state index in [-0.39, 0.29) is 5.54 Å². The first-order chi connectivity index (χ1) is 8.53. The molecule has 5 heteroatoms. The molecule has 0 amide bonds. The van der Waals surface area contributed by atoms with Crippen LogP contribution < -0.4 is 5.32 Å². The number of pyridine rings is 1. The molecule has 0 fully saturated rings. The second-order valence-electron chi connectivity index (χ2n) is 4.74. The summed E-state index contributed by atoms with van der Waals surface area (Å²) in [7, 11) is 0. The Morgan fingerprint density at radius 3 is 2.72 bits per heavy atom. The minimum Gasteiger partial charge on any atom is -0.337 e. The summed E-state index contributed by atoms with van der Waals surface area (Å²) in [5.41, 5.74) is 1.34. The average molecular weight is 246 g/mol. The number of aromatic nitrogens is 3. The fourth-order valence-corrected chi connectivity index (χ4v) is 1.77. The van der Waals surface area contributed by atoms with Crippen molar-refractivity contribution >= 4 is 0 Å². The van der Waals surface area contributed by atoms with Crippen LogP contribution in [0.1, 0.15) is 32.4 Å². The van der Waals surface area contributed by atoms with Gasteiger partial charge in [-0.15, -0.1) is 0 Å². The third kappa shape index (κ3) is 2.56. The molecule has 0 atom stereocenters. The van der Waals surface area contributed by atoms with Crippen LogP contribution in [0.4, 0.5) is 0 Å². The monoisotopic (exact) mass is 246 g/mol. The molecule has 0 aliphatic heterocycles. The molecule has 2 aromatic heterocycles. The quantitative estimate of drug-likeness (QED) is 0.896. The fourth-order valence-electron chi connectivity index (χ4n) is 1.77. The summed E-state index contributed by atoms with van der Waals surface area (Å²) in [5.74, 6) is 1.10. The lowest BCUT2D eigenvalue weighted by Crippen LogP contribution is -2.36. The second-order valence-corrected chi connectivity index (χ2v) is 4.74. The molecule has 0 aliphatic carbocycles. The predicted molar refractivity (Wildman–Crippen MR) is 69.0 cm³/mol. The van der Waals surface area contributed by atoms with Crippen LogP contribution in [0.2, 0.25) is 0 Å². The smallest absolute Gasteiger partial charge is 0.246 e. The lowest BCUT2D eigenvalue weighted by molar-refractivity contribution is 0.272. The fraction of sp³-hybridized carbons (Fsp3) is 0.462. The van der Waals surface area contributed by atoms with Gasteiger partial charge in [0.15, 0.2) is 0 Å². The van der Waals surface area contributed by atoms with Crippen LogP contribution in [0, 0.1) is 6.92 Å². The topological polar surface area (TPSA) is 63.8 Å². The Morgan fingerprint density at radius 2 is 2.06 bits per heavy atom. The van der Waals surface area contributed by atoms with Gasteiger partial charge in [0.05, 0.1) is 5.54 Å². The lowest BCUT2D eigenvalue weighted by atomic mass is 10.1. The van der Waals surface area contributed by atoms with Crippen LogP contribution in [-0.4, -0.2) is 21.7 Å². The van der Waals surface area contributed by atoms with Crippen LogP contribution in [0.15, 0.2) is 22.7 Å². The van der Waals surface area contributed by atoms with Crippen LogP contribution >= 0.6 is 0 Å². The van der Waals surface area contributed by atoms with Gasteiger partial charge in [0.2, 0.25) is 11.7 Å². The number of aryl methyl sites for hydroxylation is 1. The molecule has 0 saturated carbocycles. The Bertz CT molecular complexity index is 533. The van der Waals surface area contributed by atoms with Crippen LogP contribution in [0.5, 0.6) is 0 Å². The first kappa shape index (κ1) is 12.7. The van der Waals surface area contributed by atoms with Crippen LogP contribution in [0.25, 0.3) is 11.5 Å². The molecule has 5 nitrogen and oxygen atoms in total. The predicted octanol–water partition coefficient (Wildman–Crippen LogP) is 2.28. The van der Waals surface area contributed by atoms with E-state index in [4.69, 9.17) is 4.52 Å². The van der Waals surface area contributed by atoms with Crippen molar-refractivity contribution < 1.29 is 4.52 Å². The summed E-state index contributed by atoms with van der Waals surface area (Å²) >= 11 is 0. The van der Waals surface area contributed by atoms with Crippen molar-refractivity contribution in [3.63, 3.8) is 0 Å². The van der Waals surface area contributed by atoms with Gasteiger partial charge in [0, 0.05) is 5.69 Å². The number of nitrogens with zero attached hydrogens (tertiary/aromatic N) is 3. The van der Waals surface area contributed by atoms with E-state index in [1.54, 1.807) is 0 Å².